The number of hydrogen-bond donors (Lipinski definition) is 0. The first-order valence-corrected chi connectivity index (χ1v) is 5.76. The molecule has 0 heterocycles. The standard InChI is InChI=1S/CH4Cl2O6P2.2Fe/c2-1(3,10(4,5)6)11(7,8)9;;/h(H2,4,5,6)(H2,7,8,9);;/q;2*+2/p-4. The Balaban J connectivity index is -0.000000500. The van der Waals surface area contributed by atoms with Crippen molar-refractivity contribution in [3.8, 4) is 0 Å². The molecule has 0 aromatic rings. The van der Waals surface area contributed by atoms with Crippen LogP contribution in [0.2, 0.25) is 0 Å². The van der Waals surface area contributed by atoms with Gasteiger partial charge in [-0.2, -0.15) is 0 Å². The van der Waals surface area contributed by atoms with Crippen LogP contribution in [0.5, 0.6) is 0 Å². The zero-order chi connectivity index (χ0) is 9.50. The van der Waals surface area contributed by atoms with E-state index in [1.165, 1.54) is 0 Å². The molecule has 0 spiro atoms. The summed E-state index contributed by atoms with van der Waals surface area (Å²) in [6.45, 7) is 0. The first-order valence-electron chi connectivity index (χ1n) is 1.92. The van der Waals surface area contributed by atoms with Crippen LogP contribution in [-0.2, 0) is 43.3 Å². The van der Waals surface area contributed by atoms with Crippen LogP contribution in [0.3, 0.4) is 0 Å². The molecule has 0 aliphatic rings. The average molecular weight is 353 g/mol. The van der Waals surface area contributed by atoms with Crippen molar-refractivity contribution < 1.29 is 62.8 Å². The van der Waals surface area contributed by atoms with Gasteiger partial charge in [0.15, 0.2) is 3.82 Å². The van der Waals surface area contributed by atoms with Crippen LogP contribution in [-0.4, -0.2) is 3.82 Å². The molecule has 0 aromatic carbocycles. The molecule has 0 fully saturated rings. The summed E-state index contributed by atoms with van der Waals surface area (Å²) in [6, 6.07) is 0. The molecule has 0 radical (unpaired) electrons. The molecular formula is CCl2Fe2O6P2. The fourth-order valence-electron chi connectivity index (χ4n) is 0.150. The smallest absolute Gasteiger partial charge is 0.808 e. The zero-order valence-corrected chi connectivity index (χ0v) is 10.8. The predicted octanol–water partition coefficient (Wildman–Crippen LogP) is -2.10. The first kappa shape index (κ1) is 20.3. The minimum absolute atomic E-state index is 0. The van der Waals surface area contributed by atoms with E-state index in [4.69, 9.17) is 0 Å². The summed E-state index contributed by atoms with van der Waals surface area (Å²) in [6.07, 6.45) is 0. The Labute approximate surface area is 105 Å². The van der Waals surface area contributed by atoms with E-state index in [9.17, 15) is 28.7 Å². The van der Waals surface area contributed by atoms with Gasteiger partial charge < -0.3 is 28.7 Å². The van der Waals surface area contributed by atoms with E-state index in [0.717, 1.165) is 0 Å². The molecule has 0 saturated heterocycles. The van der Waals surface area contributed by atoms with Crippen LogP contribution in [0.4, 0.5) is 0 Å². The third kappa shape index (κ3) is 4.98. The third-order valence-corrected chi connectivity index (χ3v) is 5.93. The Morgan fingerprint density at radius 3 is 1.00 bits per heavy atom. The largest absolute Gasteiger partial charge is 2.00 e. The molecule has 80 valence electrons. The molecule has 0 N–H and O–H groups in total. The number of rotatable bonds is 2. The third-order valence-electron chi connectivity index (χ3n) is 0.659. The van der Waals surface area contributed by atoms with Gasteiger partial charge in [0.05, 0.1) is 0 Å². The van der Waals surface area contributed by atoms with Crippen molar-refractivity contribution in [3.63, 3.8) is 0 Å². The molecule has 6 nitrogen and oxygen atoms in total. The van der Waals surface area contributed by atoms with Gasteiger partial charge in [0.2, 0.25) is 0 Å². The summed E-state index contributed by atoms with van der Waals surface area (Å²) in [5, 5.41) is 0. The maximum absolute atomic E-state index is 9.94. The zero-order valence-electron chi connectivity index (χ0n) is 5.31. The van der Waals surface area contributed by atoms with E-state index in [1.807, 2.05) is 0 Å². The molecule has 0 saturated carbocycles. The fourth-order valence-corrected chi connectivity index (χ4v) is 1.35. The Morgan fingerprint density at radius 2 is 1.00 bits per heavy atom. The maximum Gasteiger partial charge on any atom is 2.00 e. The number of halogens is 2. The summed E-state index contributed by atoms with van der Waals surface area (Å²) in [7, 11) is -11.7. The van der Waals surface area contributed by atoms with Gasteiger partial charge in [-0.1, -0.05) is 23.2 Å². The van der Waals surface area contributed by atoms with Gasteiger partial charge in [-0.25, -0.2) is 0 Å². The van der Waals surface area contributed by atoms with E-state index < -0.39 is 19.0 Å². The van der Waals surface area contributed by atoms with Crippen molar-refractivity contribution in [2.24, 2.45) is 0 Å². The van der Waals surface area contributed by atoms with Gasteiger partial charge >= 0.3 is 34.1 Å². The van der Waals surface area contributed by atoms with E-state index >= 15 is 0 Å². The topological polar surface area (TPSA) is 126 Å². The van der Waals surface area contributed by atoms with Gasteiger partial charge in [-0.15, -0.1) is 0 Å². The Bertz CT molecular complexity index is 219. The minimum atomic E-state index is -5.85. The number of alkyl halides is 2. The van der Waals surface area contributed by atoms with E-state index in [2.05, 4.69) is 23.2 Å². The molecule has 13 heavy (non-hydrogen) atoms. The van der Waals surface area contributed by atoms with Crippen molar-refractivity contribution >= 4 is 38.4 Å². The van der Waals surface area contributed by atoms with Gasteiger partial charge in [-0.3, -0.25) is 0 Å². The Kier molecular flexibility index (Phi) is 9.16. The van der Waals surface area contributed by atoms with E-state index in [0.29, 0.717) is 0 Å². The quantitative estimate of drug-likeness (QED) is 0.318. The monoisotopic (exact) mass is 352 g/mol. The second-order valence-electron chi connectivity index (χ2n) is 1.50. The summed E-state index contributed by atoms with van der Waals surface area (Å²) in [4.78, 5) is 39.7. The Morgan fingerprint density at radius 1 is 0.846 bits per heavy atom. The van der Waals surface area contributed by atoms with Crippen LogP contribution in [0, 0.1) is 0 Å². The summed E-state index contributed by atoms with van der Waals surface area (Å²) < 4.78 is 16.1. The van der Waals surface area contributed by atoms with E-state index in [-0.39, 0.29) is 34.1 Å². The molecule has 0 unspecified atom stereocenters. The molecular weight excluding hydrogens is 353 g/mol. The van der Waals surface area contributed by atoms with Crippen LogP contribution in [0.25, 0.3) is 0 Å². The Hall–Kier alpha value is 1.92. The predicted molar refractivity (Wildman–Crippen MR) is 29.7 cm³/mol. The van der Waals surface area contributed by atoms with Crippen LogP contribution < -0.4 is 19.6 Å². The second kappa shape index (κ2) is 5.86. The second-order valence-corrected chi connectivity index (χ2v) is 7.57. The van der Waals surface area contributed by atoms with Crippen molar-refractivity contribution in [2.45, 2.75) is 3.82 Å². The van der Waals surface area contributed by atoms with Crippen LogP contribution >= 0.6 is 38.4 Å². The molecule has 0 bridgehead atoms. The molecule has 0 rings (SSSR count). The fraction of sp³-hybridized carbons (Fsp3) is 1.00. The van der Waals surface area contributed by atoms with Crippen molar-refractivity contribution in [1.29, 1.82) is 0 Å². The van der Waals surface area contributed by atoms with Crippen molar-refractivity contribution in [3.05, 3.63) is 0 Å². The van der Waals surface area contributed by atoms with Crippen molar-refractivity contribution in [1.82, 2.24) is 0 Å². The number of hydrogen-bond acceptors (Lipinski definition) is 6. The molecule has 0 atom stereocenters. The van der Waals surface area contributed by atoms with Crippen LogP contribution in [0.15, 0.2) is 0 Å². The SMILES string of the molecule is O=P([O-])([O-])C(Cl)(Cl)P(=O)([O-])[O-].[Fe+2].[Fe+2]. The summed E-state index contributed by atoms with van der Waals surface area (Å²) >= 11 is 8.96. The average Bonchev–Trinajstić information content (AvgIpc) is 1.58. The molecule has 0 aliphatic heterocycles. The van der Waals surface area contributed by atoms with Crippen molar-refractivity contribution in [2.75, 3.05) is 0 Å². The first-order chi connectivity index (χ1) is 4.50. The van der Waals surface area contributed by atoms with Gasteiger partial charge in [0.25, 0.3) is 0 Å². The van der Waals surface area contributed by atoms with Gasteiger partial charge in [-0.05, 0) is 15.2 Å². The van der Waals surface area contributed by atoms with E-state index in [1.54, 1.807) is 0 Å². The molecule has 0 aliphatic carbocycles. The summed E-state index contributed by atoms with van der Waals surface area (Å²) in [5.74, 6) is 0. The summed E-state index contributed by atoms with van der Waals surface area (Å²) in [5.41, 5.74) is 0. The van der Waals surface area contributed by atoms with Crippen LogP contribution in [0.1, 0.15) is 0 Å². The normalized spacial score (nSPS) is 12.8. The molecule has 0 amide bonds. The molecule has 0 aromatic heterocycles. The molecule has 12 heteroatoms. The maximum atomic E-state index is 9.94. The minimum Gasteiger partial charge on any atom is -0.808 e. The van der Waals surface area contributed by atoms with Gasteiger partial charge in [0, 0.05) is 0 Å². The van der Waals surface area contributed by atoms with Gasteiger partial charge in [0.1, 0.15) is 0 Å².